The van der Waals surface area contributed by atoms with Crippen LogP contribution < -0.4 is 0 Å². The van der Waals surface area contributed by atoms with Gasteiger partial charge in [-0.1, -0.05) is 90.7 Å². The minimum Gasteiger partial charge on any atom is -0.449 e. The van der Waals surface area contributed by atoms with Crippen LogP contribution >= 0.6 is 11.6 Å². The van der Waals surface area contributed by atoms with E-state index in [9.17, 15) is 4.79 Å². The van der Waals surface area contributed by atoms with Gasteiger partial charge in [0.2, 0.25) is 0 Å². The highest BCUT2D eigenvalue weighted by Gasteiger charge is 2.00. The summed E-state index contributed by atoms with van der Waals surface area (Å²) in [6.45, 7) is 12.4. The highest BCUT2D eigenvalue weighted by atomic mass is 35.5. The van der Waals surface area contributed by atoms with Gasteiger partial charge in [0.05, 0.1) is 0 Å². The van der Waals surface area contributed by atoms with E-state index in [1.54, 1.807) is 0 Å². The zero-order valence-corrected chi connectivity index (χ0v) is 16.8. The number of alkyl halides is 1. The SMILES string of the molecule is CCCCCCCCCCCC(=O)OCCl.CCN(CC)CC. The molecular weight excluding hydrogens is 310 g/mol. The van der Waals surface area contributed by atoms with E-state index in [1.165, 1.54) is 64.6 Å². The Bertz CT molecular complexity index is 228. The molecule has 0 aliphatic heterocycles. The topological polar surface area (TPSA) is 29.5 Å². The third kappa shape index (κ3) is 21.7. The summed E-state index contributed by atoms with van der Waals surface area (Å²) in [6, 6.07) is -0.0176. The molecule has 0 aliphatic carbocycles. The maximum Gasteiger partial charge on any atom is 0.306 e. The Kier molecular flexibility index (Phi) is 23.6. The maximum absolute atomic E-state index is 10.9. The highest BCUT2D eigenvalue weighted by molar-refractivity contribution is 6.17. The second-order valence-electron chi connectivity index (χ2n) is 5.82. The van der Waals surface area contributed by atoms with Gasteiger partial charge in [-0.05, 0) is 26.1 Å². The molecule has 0 saturated carbocycles. The summed E-state index contributed by atoms with van der Waals surface area (Å²) < 4.78 is 4.64. The summed E-state index contributed by atoms with van der Waals surface area (Å²) in [7, 11) is 0. The molecule has 0 spiro atoms. The Morgan fingerprint density at radius 1 is 0.783 bits per heavy atom. The van der Waals surface area contributed by atoms with Crippen molar-refractivity contribution in [2.75, 3.05) is 25.7 Å². The Hall–Kier alpha value is -0.280. The third-order valence-electron chi connectivity index (χ3n) is 4.04. The molecule has 0 fully saturated rings. The largest absolute Gasteiger partial charge is 0.449 e. The lowest BCUT2D eigenvalue weighted by Gasteiger charge is -2.13. The molecule has 140 valence electrons. The Morgan fingerprint density at radius 3 is 1.57 bits per heavy atom. The predicted octanol–water partition coefficient (Wildman–Crippen LogP) is 5.99. The van der Waals surface area contributed by atoms with Gasteiger partial charge < -0.3 is 9.64 Å². The van der Waals surface area contributed by atoms with Crippen molar-refractivity contribution < 1.29 is 9.53 Å². The van der Waals surface area contributed by atoms with E-state index >= 15 is 0 Å². The van der Waals surface area contributed by atoms with E-state index in [2.05, 4.69) is 37.3 Å². The molecule has 0 aromatic rings. The summed E-state index contributed by atoms with van der Waals surface area (Å²) in [5, 5.41) is 0. The first-order valence-electron chi connectivity index (χ1n) is 9.59. The van der Waals surface area contributed by atoms with Crippen LogP contribution in [0.2, 0.25) is 0 Å². The van der Waals surface area contributed by atoms with Crippen molar-refractivity contribution in [2.24, 2.45) is 0 Å². The van der Waals surface area contributed by atoms with Crippen LogP contribution in [0.15, 0.2) is 0 Å². The van der Waals surface area contributed by atoms with Crippen molar-refractivity contribution in [2.45, 2.75) is 91.9 Å². The average molecular weight is 350 g/mol. The molecule has 0 aromatic heterocycles. The number of halogens is 1. The molecule has 3 nitrogen and oxygen atoms in total. The van der Waals surface area contributed by atoms with E-state index < -0.39 is 0 Å². The van der Waals surface area contributed by atoms with E-state index in [-0.39, 0.29) is 12.0 Å². The Labute approximate surface area is 150 Å². The third-order valence-corrected chi connectivity index (χ3v) is 4.15. The highest BCUT2D eigenvalue weighted by Crippen LogP contribution is 2.10. The van der Waals surface area contributed by atoms with Gasteiger partial charge >= 0.3 is 5.97 Å². The fourth-order valence-electron chi connectivity index (χ4n) is 2.38. The number of ether oxygens (including phenoxy) is 1. The first-order chi connectivity index (χ1) is 11.2. The first kappa shape index (κ1) is 25.0. The van der Waals surface area contributed by atoms with Crippen LogP contribution in [-0.4, -0.2) is 36.6 Å². The van der Waals surface area contributed by atoms with Crippen LogP contribution in [0.1, 0.15) is 91.9 Å². The lowest BCUT2D eigenvalue weighted by atomic mass is 10.1. The minimum absolute atomic E-state index is 0.0176. The monoisotopic (exact) mass is 349 g/mol. The quantitative estimate of drug-likeness (QED) is 0.219. The molecule has 0 saturated heterocycles. The van der Waals surface area contributed by atoms with Crippen molar-refractivity contribution in [1.82, 2.24) is 4.90 Å². The summed E-state index contributed by atoms with van der Waals surface area (Å²) in [6.07, 6.45) is 11.9. The smallest absolute Gasteiger partial charge is 0.306 e. The lowest BCUT2D eigenvalue weighted by Crippen LogP contribution is -2.21. The molecule has 4 heteroatoms. The van der Waals surface area contributed by atoms with Gasteiger partial charge in [-0.25, -0.2) is 0 Å². The van der Waals surface area contributed by atoms with Crippen molar-refractivity contribution in [3.05, 3.63) is 0 Å². The molecule has 0 N–H and O–H groups in total. The van der Waals surface area contributed by atoms with Crippen LogP contribution in [0.4, 0.5) is 0 Å². The molecule has 0 heterocycles. The van der Waals surface area contributed by atoms with Gasteiger partial charge in [0.15, 0.2) is 6.07 Å². The van der Waals surface area contributed by atoms with Gasteiger partial charge in [0.25, 0.3) is 0 Å². The number of carbonyl (C=O) groups excluding carboxylic acids is 1. The molecule has 0 atom stereocenters. The van der Waals surface area contributed by atoms with E-state index in [0.29, 0.717) is 6.42 Å². The summed E-state index contributed by atoms with van der Waals surface area (Å²) in [5.41, 5.74) is 0. The molecule has 0 unspecified atom stereocenters. The van der Waals surface area contributed by atoms with Gasteiger partial charge in [0, 0.05) is 6.42 Å². The Morgan fingerprint density at radius 2 is 1.22 bits per heavy atom. The van der Waals surface area contributed by atoms with Gasteiger partial charge in [0.1, 0.15) is 0 Å². The average Bonchev–Trinajstić information content (AvgIpc) is 2.56. The van der Waals surface area contributed by atoms with E-state index in [0.717, 1.165) is 12.8 Å². The predicted molar refractivity (Wildman–Crippen MR) is 102 cm³/mol. The number of unbranched alkanes of at least 4 members (excludes halogenated alkanes) is 8. The van der Waals surface area contributed by atoms with Crippen LogP contribution in [0.3, 0.4) is 0 Å². The number of hydrogen-bond acceptors (Lipinski definition) is 3. The molecule has 0 bridgehead atoms. The van der Waals surface area contributed by atoms with Crippen LogP contribution in [0, 0.1) is 0 Å². The fourth-order valence-corrected chi connectivity index (χ4v) is 2.51. The molecular formula is C19H40ClNO2. The van der Waals surface area contributed by atoms with Crippen LogP contribution in [-0.2, 0) is 9.53 Å². The zero-order chi connectivity index (χ0) is 17.8. The molecule has 0 aromatic carbocycles. The number of carbonyl (C=O) groups is 1. The number of nitrogens with zero attached hydrogens (tertiary/aromatic N) is 1. The minimum atomic E-state index is -0.169. The van der Waals surface area contributed by atoms with E-state index in [4.69, 9.17) is 11.6 Å². The van der Waals surface area contributed by atoms with Gasteiger partial charge in [-0.3, -0.25) is 4.79 Å². The van der Waals surface area contributed by atoms with Crippen molar-refractivity contribution in [1.29, 1.82) is 0 Å². The van der Waals surface area contributed by atoms with Crippen molar-refractivity contribution >= 4 is 17.6 Å². The molecule has 0 radical (unpaired) electrons. The Balaban J connectivity index is 0. The van der Waals surface area contributed by atoms with Crippen molar-refractivity contribution in [3.8, 4) is 0 Å². The number of hydrogen-bond donors (Lipinski definition) is 0. The fraction of sp³-hybridized carbons (Fsp3) is 0.947. The van der Waals surface area contributed by atoms with Crippen LogP contribution in [0.25, 0.3) is 0 Å². The van der Waals surface area contributed by atoms with Gasteiger partial charge in [-0.15, -0.1) is 0 Å². The second kappa shape index (κ2) is 21.7. The van der Waals surface area contributed by atoms with Crippen molar-refractivity contribution in [3.63, 3.8) is 0 Å². The molecule has 0 rings (SSSR count). The van der Waals surface area contributed by atoms with Crippen LogP contribution in [0.5, 0.6) is 0 Å². The molecule has 0 amide bonds. The summed E-state index contributed by atoms with van der Waals surface area (Å²) in [4.78, 5) is 13.3. The normalized spacial score (nSPS) is 10.3. The molecule has 0 aliphatic rings. The zero-order valence-electron chi connectivity index (χ0n) is 16.0. The lowest BCUT2D eigenvalue weighted by molar-refractivity contribution is -0.141. The standard InChI is InChI=1S/C13H25ClO2.C6H15N/c1-2-3-4-5-6-7-8-9-10-11-13(15)16-12-14;1-4-7(5-2)6-3/h2-12H2,1H3;4-6H2,1-3H3. The van der Waals surface area contributed by atoms with E-state index in [1.807, 2.05) is 0 Å². The second-order valence-corrected chi connectivity index (χ2v) is 6.04. The number of esters is 1. The summed E-state index contributed by atoms with van der Waals surface area (Å²) in [5.74, 6) is -0.169. The summed E-state index contributed by atoms with van der Waals surface area (Å²) >= 11 is 5.28. The van der Waals surface area contributed by atoms with Gasteiger partial charge in [-0.2, -0.15) is 0 Å². The first-order valence-corrected chi connectivity index (χ1v) is 10.1. The maximum atomic E-state index is 10.9. The number of rotatable bonds is 14. The molecule has 23 heavy (non-hydrogen) atoms.